The van der Waals surface area contributed by atoms with E-state index < -0.39 is 0 Å². The largest absolute Gasteiger partial charge is 0.352 e. The summed E-state index contributed by atoms with van der Waals surface area (Å²) >= 11 is 1.43. The van der Waals surface area contributed by atoms with Gasteiger partial charge in [0.15, 0.2) is 11.0 Å². The molecule has 1 aromatic heterocycles. The van der Waals surface area contributed by atoms with E-state index in [0.717, 1.165) is 34.6 Å². The molecule has 7 nitrogen and oxygen atoms in total. The van der Waals surface area contributed by atoms with Crippen molar-refractivity contribution < 1.29 is 9.59 Å². The first-order chi connectivity index (χ1) is 14.0. The second-order valence-electron chi connectivity index (χ2n) is 7.95. The number of fused-ring (bicyclic) bond motifs is 2. The number of carbonyl (C=O) groups is 2. The lowest BCUT2D eigenvalue weighted by atomic mass is 9.95. The van der Waals surface area contributed by atoms with E-state index in [4.69, 9.17) is 0 Å². The Morgan fingerprint density at radius 2 is 1.97 bits per heavy atom. The molecule has 154 valence electrons. The summed E-state index contributed by atoms with van der Waals surface area (Å²) in [6, 6.07) is 7.89. The first-order valence-corrected chi connectivity index (χ1v) is 11.3. The molecule has 1 aromatic carbocycles. The molecule has 3 atom stereocenters. The smallest absolute Gasteiger partial charge is 0.230 e. The van der Waals surface area contributed by atoms with E-state index in [1.54, 1.807) is 0 Å². The fourth-order valence-corrected chi connectivity index (χ4v) is 5.41. The fraction of sp³-hybridized carbons (Fsp3) is 0.524. The normalized spacial score (nSPS) is 22.6. The number of hydrogen-bond donors (Lipinski definition) is 2. The van der Waals surface area contributed by atoms with Crippen LogP contribution in [0.5, 0.6) is 0 Å². The van der Waals surface area contributed by atoms with Crippen molar-refractivity contribution in [1.29, 1.82) is 0 Å². The third kappa shape index (κ3) is 4.47. The van der Waals surface area contributed by atoms with Gasteiger partial charge in [-0.3, -0.25) is 9.59 Å². The summed E-state index contributed by atoms with van der Waals surface area (Å²) in [7, 11) is 0. The molecule has 0 spiro atoms. The van der Waals surface area contributed by atoms with Gasteiger partial charge in [0.05, 0.1) is 5.75 Å². The molecule has 2 fully saturated rings. The summed E-state index contributed by atoms with van der Waals surface area (Å²) in [5.41, 5.74) is 1.67. The minimum absolute atomic E-state index is 0.0828. The Kier molecular flexibility index (Phi) is 5.89. The molecule has 2 bridgehead atoms. The van der Waals surface area contributed by atoms with Crippen LogP contribution in [0.2, 0.25) is 0 Å². The van der Waals surface area contributed by atoms with Gasteiger partial charge in [0.2, 0.25) is 11.8 Å². The number of thioether (sulfide) groups is 1. The van der Waals surface area contributed by atoms with Crippen LogP contribution in [0.4, 0.5) is 5.69 Å². The lowest BCUT2D eigenvalue weighted by Gasteiger charge is -2.22. The van der Waals surface area contributed by atoms with Crippen molar-refractivity contribution in [3.05, 3.63) is 24.3 Å². The zero-order valence-electron chi connectivity index (χ0n) is 16.9. The number of benzene rings is 1. The number of rotatable bonds is 7. The molecule has 2 N–H and O–H groups in total. The van der Waals surface area contributed by atoms with Crippen LogP contribution in [0, 0.1) is 11.8 Å². The van der Waals surface area contributed by atoms with Crippen LogP contribution in [0.3, 0.4) is 0 Å². The van der Waals surface area contributed by atoms with Gasteiger partial charge in [0.1, 0.15) is 0 Å². The second kappa shape index (κ2) is 8.57. The molecule has 0 unspecified atom stereocenters. The van der Waals surface area contributed by atoms with Gasteiger partial charge in [-0.2, -0.15) is 0 Å². The Bertz CT molecular complexity index is 895. The average Bonchev–Trinajstić information content (AvgIpc) is 3.41. The van der Waals surface area contributed by atoms with E-state index >= 15 is 0 Å². The number of hydrogen-bond acceptors (Lipinski definition) is 5. The number of nitrogens with one attached hydrogen (secondary N) is 2. The summed E-state index contributed by atoms with van der Waals surface area (Å²) in [5, 5.41) is 15.4. The highest BCUT2D eigenvalue weighted by Gasteiger charge is 2.40. The van der Waals surface area contributed by atoms with Gasteiger partial charge in [0, 0.05) is 30.8 Å². The molecule has 2 saturated carbocycles. The third-order valence-electron chi connectivity index (χ3n) is 5.91. The van der Waals surface area contributed by atoms with Crippen LogP contribution < -0.4 is 10.6 Å². The molecule has 0 aliphatic heterocycles. The van der Waals surface area contributed by atoms with E-state index in [2.05, 4.69) is 20.8 Å². The van der Waals surface area contributed by atoms with Gasteiger partial charge in [-0.25, -0.2) is 0 Å². The Labute approximate surface area is 175 Å². The highest BCUT2D eigenvalue weighted by molar-refractivity contribution is 7.99. The number of anilines is 1. The van der Waals surface area contributed by atoms with Crippen molar-refractivity contribution >= 4 is 29.3 Å². The second-order valence-corrected chi connectivity index (χ2v) is 8.89. The van der Waals surface area contributed by atoms with Crippen molar-refractivity contribution in [3.8, 4) is 11.4 Å². The quantitative estimate of drug-likeness (QED) is 0.680. The molecule has 2 aliphatic rings. The van der Waals surface area contributed by atoms with E-state index in [0.29, 0.717) is 24.3 Å². The minimum atomic E-state index is -0.100. The third-order valence-corrected chi connectivity index (χ3v) is 6.88. The maximum absolute atomic E-state index is 12.4. The summed E-state index contributed by atoms with van der Waals surface area (Å²) in [6.07, 6.45) is 5.02. The van der Waals surface area contributed by atoms with Crippen LogP contribution in [0.15, 0.2) is 29.4 Å². The zero-order chi connectivity index (χ0) is 20.4. The standard InChI is InChI=1S/C21H27N5O2S/c1-3-26-20(15-6-8-17(9-7-15)22-13(2)27)24-25-21(26)29-12-19(28)23-18-11-14-4-5-16(18)10-14/h6-9,14,16,18H,3-5,10-12H2,1-2H3,(H,22,27)(H,23,28)/t14-,16-,18-/m1/s1. The highest BCUT2D eigenvalue weighted by Crippen LogP contribution is 2.44. The van der Waals surface area contributed by atoms with Crippen molar-refractivity contribution in [3.63, 3.8) is 0 Å². The molecule has 8 heteroatoms. The minimum Gasteiger partial charge on any atom is -0.352 e. The van der Waals surface area contributed by atoms with Gasteiger partial charge in [-0.15, -0.1) is 10.2 Å². The average molecular weight is 414 g/mol. The number of carbonyl (C=O) groups excluding carboxylic acids is 2. The fourth-order valence-electron chi connectivity index (χ4n) is 4.60. The topological polar surface area (TPSA) is 88.9 Å². The first kappa shape index (κ1) is 19.9. The van der Waals surface area contributed by atoms with E-state index in [9.17, 15) is 9.59 Å². The van der Waals surface area contributed by atoms with Gasteiger partial charge in [0.25, 0.3) is 0 Å². The predicted molar refractivity (Wildman–Crippen MR) is 114 cm³/mol. The molecule has 0 saturated heterocycles. The number of nitrogens with zero attached hydrogens (tertiary/aromatic N) is 3. The first-order valence-electron chi connectivity index (χ1n) is 10.3. The Hall–Kier alpha value is -2.35. The summed E-state index contributed by atoms with van der Waals surface area (Å²) in [4.78, 5) is 23.6. The molecular weight excluding hydrogens is 386 g/mol. The van der Waals surface area contributed by atoms with Crippen LogP contribution >= 0.6 is 11.8 Å². The molecule has 2 amide bonds. The van der Waals surface area contributed by atoms with Crippen LogP contribution in [0.1, 0.15) is 39.5 Å². The molecule has 1 heterocycles. The summed E-state index contributed by atoms with van der Waals surface area (Å²) in [5.74, 6) is 2.60. The summed E-state index contributed by atoms with van der Waals surface area (Å²) in [6.45, 7) is 4.24. The maximum atomic E-state index is 12.4. The zero-order valence-corrected chi connectivity index (χ0v) is 17.7. The van der Waals surface area contributed by atoms with Crippen molar-refractivity contribution in [1.82, 2.24) is 20.1 Å². The van der Waals surface area contributed by atoms with Crippen molar-refractivity contribution in [2.45, 2.75) is 57.3 Å². The van der Waals surface area contributed by atoms with Gasteiger partial charge in [-0.1, -0.05) is 18.2 Å². The Balaban J connectivity index is 1.38. The predicted octanol–water partition coefficient (Wildman–Crippen LogP) is 3.32. The maximum Gasteiger partial charge on any atom is 0.230 e. The number of aromatic nitrogens is 3. The van der Waals surface area contributed by atoms with E-state index in [1.807, 2.05) is 35.8 Å². The molecule has 0 radical (unpaired) electrons. The van der Waals surface area contributed by atoms with Crippen molar-refractivity contribution in [2.24, 2.45) is 11.8 Å². The number of amides is 2. The van der Waals surface area contributed by atoms with Crippen LogP contribution in [-0.2, 0) is 16.1 Å². The molecule has 2 aromatic rings. The Morgan fingerprint density at radius 1 is 1.17 bits per heavy atom. The Morgan fingerprint density at radius 3 is 2.59 bits per heavy atom. The van der Waals surface area contributed by atoms with Gasteiger partial charge >= 0.3 is 0 Å². The summed E-state index contributed by atoms with van der Waals surface area (Å²) < 4.78 is 2.02. The van der Waals surface area contributed by atoms with Gasteiger partial charge < -0.3 is 15.2 Å². The molecule has 2 aliphatic carbocycles. The lowest BCUT2D eigenvalue weighted by Crippen LogP contribution is -2.39. The lowest BCUT2D eigenvalue weighted by molar-refractivity contribution is -0.119. The van der Waals surface area contributed by atoms with Crippen LogP contribution in [0.25, 0.3) is 11.4 Å². The van der Waals surface area contributed by atoms with Gasteiger partial charge in [-0.05, 0) is 62.3 Å². The SMILES string of the molecule is CCn1c(SCC(=O)N[C@@H]2C[C@@H]3CC[C@@H]2C3)nnc1-c1ccc(NC(C)=O)cc1. The van der Waals surface area contributed by atoms with E-state index in [1.165, 1.54) is 37.9 Å². The molecule has 29 heavy (non-hydrogen) atoms. The molecular formula is C21H27N5O2S. The monoisotopic (exact) mass is 413 g/mol. The van der Waals surface area contributed by atoms with E-state index in [-0.39, 0.29) is 11.8 Å². The highest BCUT2D eigenvalue weighted by atomic mass is 32.2. The van der Waals surface area contributed by atoms with Crippen molar-refractivity contribution in [2.75, 3.05) is 11.1 Å². The van der Waals surface area contributed by atoms with Crippen LogP contribution in [-0.4, -0.2) is 38.4 Å². The molecule has 4 rings (SSSR count).